The fraction of sp³-hybridized carbons (Fsp3) is 0.588. The van der Waals surface area contributed by atoms with Gasteiger partial charge in [0, 0.05) is 6.42 Å². The van der Waals surface area contributed by atoms with Crippen LogP contribution in [0.2, 0.25) is 0 Å². The summed E-state index contributed by atoms with van der Waals surface area (Å²) in [6, 6.07) is -0.549. The van der Waals surface area contributed by atoms with Crippen molar-refractivity contribution >= 4 is 5.91 Å². The molecule has 0 aliphatic carbocycles. The van der Waals surface area contributed by atoms with Crippen LogP contribution in [-0.2, 0) is 4.79 Å². The molecule has 0 aromatic carbocycles. The molecule has 2 atom stereocenters. The lowest BCUT2D eigenvalue weighted by atomic mass is 10.0. The van der Waals surface area contributed by atoms with Crippen LogP contribution in [0.5, 0.6) is 0 Å². The molecular formula is C51H83NO3. The van der Waals surface area contributed by atoms with E-state index in [1.54, 1.807) is 0 Å². The Hall–Kier alpha value is -3.21. The van der Waals surface area contributed by atoms with Gasteiger partial charge in [-0.2, -0.15) is 0 Å². The number of unbranched alkanes of at least 4 members (excludes halogenated alkanes) is 11. The van der Waals surface area contributed by atoms with E-state index in [4.69, 9.17) is 0 Å². The van der Waals surface area contributed by atoms with Crippen LogP contribution in [0.25, 0.3) is 0 Å². The molecule has 0 radical (unpaired) electrons. The van der Waals surface area contributed by atoms with Crippen LogP contribution in [0.4, 0.5) is 0 Å². The third-order valence-corrected chi connectivity index (χ3v) is 9.24. The van der Waals surface area contributed by atoms with Gasteiger partial charge in [0.1, 0.15) is 0 Å². The van der Waals surface area contributed by atoms with Crippen molar-refractivity contribution in [3.8, 4) is 0 Å². The first-order valence-electron chi connectivity index (χ1n) is 22.2. The molecule has 0 aromatic rings. The van der Waals surface area contributed by atoms with Gasteiger partial charge in [-0.25, -0.2) is 0 Å². The Bertz CT molecular complexity index is 1130. The van der Waals surface area contributed by atoms with Gasteiger partial charge in [0.15, 0.2) is 0 Å². The van der Waals surface area contributed by atoms with Gasteiger partial charge >= 0.3 is 0 Å². The summed E-state index contributed by atoms with van der Waals surface area (Å²) in [5.74, 6) is -0.0585. The second kappa shape index (κ2) is 45.2. The van der Waals surface area contributed by atoms with Gasteiger partial charge in [0.25, 0.3) is 0 Å². The molecule has 0 saturated heterocycles. The lowest BCUT2D eigenvalue weighted by molar-refractivity contribution is -0.123. The zero-order valence-electron chi connectivity index (χ0n) is 35.4. The molecule has 0 heterocycles. The molecule has 310 valence electrons. The standard InChI is InChI=1S/C51H83NO3/c1-3-5-7-9-11-12-13-14-15-16-17-18-19-20-21-22-23-24-25-26-27-28-29-30-31-32-33-34-35-36-37-38-39-40-41-43-45-47-51(55)52-49(48-53)50(54)46-44-42-10-8-6-4-2/h5,7,11-12,14-15,17-18,20-21,23-24,26-27,29-30,32-33,35-36,49-50,53-54H,3-4,6,8-10,13,16,19,22,25,28,31,34,37-48H2,1-2H3,(H,52,55)/b7-5-,12-11-,15-14-,18-17-,21-20-,24-23-,27-26-,30-29-,33-32-,36-35-. The Kier molecular flexibility index (Phi) is 42.5. The van der Waals surface area contributed by atoms with Gasteiger partial charge < -0.3 is 15.5 Å². The maximum absolute atomic E-state index is 12.3. The molecule has 0 aliphatic rings. The highest BCUT2D eigenvalue weighted by Gasteiger charge is 2.19. The molecule has 0 rings (SSSR count). The van der Waals surface area contributed by atoms with Crippen LogP contribution in [0.15, 0.2) is 122 Å². The van der Waals surface area contributed by atoms with Crippen molar-refractivity contribution < 1.29 is 15.0 Å². The molecule has 0 aliphatic heterocycles. The van der Waals surface area contributed by atoms with Crippen LogP contribution in [0.3, 0.4) is 0 Å². The lowest BCUT2D eigenvalue weighted by Gasteiger charge is -2.22. The average molecular weight is 758 g/mol. The fourth-order valence-electron chi connectivity index (χ4n) is 5.86. The topological polar surface area (TPSA) is 69.6 Å². The molecule has 0 fully saturated rings. The number of rotatable bonds is 38. The maximum atomic E-state index is 12.3. The Labute approximate surface area is 339 Å². The normalized spacial score (nSPS) is 14.2. The molecule has 1 amide bonds. The number of aliphatic hydroxyl groups excluding tert-OH is 2. The first kappa shape index (κ1) is 51.8. The monoisotopic (exact) mass is 758 g/mol. The van der Waals surface area contributed by atoms with E-state index >= 15 is 0 Å². The SMILES string of the molecule is CC/C=C\C/C=C\C/C=C\C/C=C\C/C=C\C/C=C\C/C=C\C/C=C\C/C=C\C/C=C\CCCCCCCCC(=O)NC(CO)C(O)CCCCCCCC. The van der Waals surface area contributed by atoms with Gasteiger partial charge in [0.2, 0.25) is 5.91 Å². The van der Waals surface area contributed by atoms with Crippen molar-refractivity contribution in [1.29, 1.82) is 0 Å². The van der Waals surface area contributed by atoms with E-state index in [1.807, 2.05) is 0 Å². The number of hydrogen-bond acceptors (Lipinski definition) is 3. The third-order valence-electron chi connectivity index (χ3n) is 9.24. The van der Waals surface area contributed by atoms with E-state index in [0.717, 1.165) is 103 Å². The van der Waals surface area contributed by atoms with Crippen molar-refractivity contribution in [2.24, 2.45) is 0 Å². The highest BCUT2D eigenvalue weighted by Crippen LogP contribution is 2.12. The van der Waals surface area contributed by atoms with Crippen molar-refractivity contribution in [1.82, 2.24) is 5.32 Å². The summed E-state index contributed by atoms with van der Waals surface area (Å²) in [6.45, 7) is 4.16. The molecule has 0 bridgehead atoms. The van der Waals surface area contributed by atoms with Crippen molar-refractivity contribution in [2.75, 3.05) is 6.61 Å². The smallest absolute Gasteiger partial charge is 0.220 e. The number of amides is 1. The van der Waals surface area contributed by atoms with E-state index in [2.05, 4.69) is 141 Å². The Balaban J connectivity index is 3.65. The zero-order chi connectivity index (χ0) is 40.0. The van der Waals surface area contributed by atoms with E-state index < -0.39 is 12.1 Å². The maximum Gasteiger partial charge on any atom is 0.220 e. The molecule has 0 spiro atoms. The second-order valence-electron chi connectivity index (χ2n) is 14.4. The highest BCUT2D eigenvalue weighted by molar-refractivity contribution is 5.76. The van der Waals surface area contributed by atoms with Gasteiger partial charge in [-0.15, -0.1) is 0 Å². The van der Waals surface area contributed by atoms with Crippen LogP contribution >= 0.6 is 0 Å². The third kappa shape index (κ3) is 41.8. The summed E-state index contributed by atoms with van der Waals surface area (Å²) < 4.78 is 0. The Morgan fingerprint density at radius 3 is 1.20 bits per heavy atom. The van der Waals surface area contributed by atoms with E-state index in [1.165, 1.54) is 44.9 Å². The molecule has 0 aromatic heterocycles. The average Bonchev–Trinajstić information content (AvgIpc) is 3.19. The highest BCUT2D eigenvalue weighted by atomic mass is 16.3. The van der Waals surface area contributed by atoms with Gasteiger partial charge in [-0.1, -0.05) is 200 Å². The number of nitrogens with one attached hydrogen (secondary N) is 1. The number of hydrogen-bond donors (Lipinski definition) is 3. The summed E-state index contributed by atoms with van der Waals surface area (Å²) in [5, 5.41) is 22.8. The number of allylic oxidation sites excluding steroid dienone is 20. The van der Waals surface area contributed by atoms with Crippen LogP contribution in [-0.4, -0.2) is 34.9 Å². The number of carbonyl (C=O) groups excluding carboxylic acids is 1. The fourth-order valence-corrected chi connectivity index (χ4v) is 5.86. The minimum Gasteiger partial charge on any atom is -0.394 e. The summed E-state index contributed by atoms with van der Waals surface area (Å²) in [6.07, 6.45) is 70.2. The summed E-state index contributed by atoms with van der Waals surface area (Å²) >= 11 is 0. The summed E-state index contributed by atoms with van der Waals surface area (Å²) in [4.78, 5) is 12.3. The minimum atomic E-state index is -0.670. The van der Waals surface area contributed by atoms with Gasteiger partial charge in [-0.3, -0.25) is 4.79 Å². The van der Waals surface area contributed by atoms with Crippen molar-refractivity contribution in [2.45, 2.75) is 187 Å². The summed E-state index contributed by atoms with van der Waals surface area (Å²) in [5.41, 5.74) is 0. The van der Waals surface area contributed by atoms with Crippen molar-refractivity contribution in [3.63, 3.8) is 0 Å². The quantitative estimate of drug-likeness (QED) is 0.0434. The Morgan fingerprint density at radius 1 is 0.455 bits per heavy atom. The first-order valence-corrected chi connectivity index (χ1v) is 22.2. The molecule has 4 heteroatoms. The number of aliphatic hydroxyl groups is 2. The Morgan fingerprint density at radius 2 is 0.800 bits per heavy atom. The predicted octanol–water partition coefficient (Wildman–Crippen LogP) is 14.2. The number of carbonyl (C=O) groups is 1. The van der Waals surface area contributed by atoms with Crippen LogP contribution in [0, 0.1) is 0 Å². The van der Waals surface area contributed by atoms with Crippen molar-refractivity contribution in [3.05, 3.63) is 122 Å². The van der Waals surface area contributed by atoms with E-state index in [9.17, 15) is 15.0 Å². The molecule has 55 heavy (non-hydrogen) atoms. The van der Waals surface area contributed by atoms with E-state index in [0.29, 0.717) is 12.8 Å². The molecular weight excluding hydrogens is 675 g/mol. The second-order valence-corrected chi connectivity index (χ2v) is 14.4. The predicted molar refractivity (Wildman–Crippen MR) is 243 cm³/mol. The minimum absolute atomic E-state index is 0.0585. The first-order chi connectivity index (χ1) is 27.2. The molecule has 3 N–H and O–H groups in total. The van der Waals surface area contributed by atoms with Crippen LogP contribution < -0.4 is 5.32 Å². The largest absolute Gasteiger partial charge is 0.394 e. The summed E-state index contributed by atoms with van der Waals surface area (Å²) in [7, 11) is 0. The molecule has 2 unspecified atom stereocenters. The van der Waals surface area contributed by atoms with Gasteiger partial charge in [0.05, 0.1) is 18.8 Å². The van der Waals surface area contributed by atoms with Gasteiger partial charge in [-0.05, 0) is 89.9 Å². The lowest BCUT2D eigenvalue weighted by Crippen LogP contribution is -2.45. The molecule has 0 saturated carbocycles. The van der Waals surface area contributed by atoms with E-state index in [-0.39, 0.29) is 12.5 Å². The van der Waals surface area contributed by atoms with Crippen LogP contribution in [0.1, 0.15) is 174 Å². The zero-order valence-corrected chi connectivity index (χ0v) is 35.4. The molecule has 4 nitrogen and oxygen atoms in total.